The molecule has 0 aliphatic heterocycles. The summed E-state index contributed by atoms with van der Waals surface area (Å²) in [6.07, 6.45) is 1.60. The van der Waals surface area contributed by atoms with Crippen molar-refractivity contribution in [3.05, 3.63) is 69.7 Å². The smallest absolute Gasteiger partial charge is 0.331 e. The molecule has 0 heterocycles. The molecule has 0 aliphatic carbocycles. The minimum atomic E-state index is -1.04. The van der Waals surface area contributed by atoms with Gasteiger partial charge >= 0.3 is 5.97 Å². The number of benzene rings is 2. The molecule has 0 fully saturated rings. The normalized spacial score (nSPS) is 11.6. The summed E-state index contributed by atoms with van der Waals surface area (Å²) in [5.41, 5.74) is 1.26. The zero-order valence-corrected chi connectivity index (χ0v) is 15.2. The Hall–Kier alpha value is -2.81. The molecule has 0 bridgehead atoms. The average Bonchev–Trinajstić information content (AvgIpc) is 2.61. The van der Waals surface area contributed by atoms with Gasteiger partial charge in [0.15, 0.2) is 6.10 Å². The average molecular weight is 389 g/mol. The number of nitrogens with one attached hydrogen (secondary N) is 1. The van der Waals surface area contributed by atoms with Crippen molar-refractivity contribution >= 4 is 46.8 Å². The number of hydrogen-bond acceptors (Lipinski definition) is 4. The summed E-state index contributed by atoms with van der Waals surface area (Å²) in [4.78, 5) is 24.0. The van der Waals surface area contributed by atoms with Crippen LogP contribution in [-0.2, 0) is 14.3 Å². The molecule has 132 valence electrons. The van der Waals surface area contributed by atoms with Crippen LogP contribution in [-0.4, -0.2) is 18.0 Å². The molecule has 0 saturated heterocycles. The van der Waals surface area contributed by atoms with Crippen LogP contribution in [0.1, 0.15) is 18.1 Å². The number of amides is 1. The van der Waals surface area contributed by atoms with Crippen LogP contribution in [0, 0.1) is 11.3 Å². The molecular formula is C19H14Cl2N2O3. The lowest BCUT2D eigenvalue weighted by molar-refractivity contribution is -0.148. The van der Waals surface area contributed by atoms with Gasteiger partial charge in [-0.3, -0.25) is 4.79 Å². The Morgan fingerprint density at radius 2 is 1.96 bits per heavy atom. The van der Waals surface area contributed by atoms with Gasteiger partial charge in [-0.15, -0.1) is 0 Å². The van der Waals surface area contributed by atoms with Crippen molar-refractivity contribution in [2.75, 3.05) is 5.32 Å². The van der Waals surface area contributed by atoms with Gasteiger partial charge in [0.25, 0.3) is 5.91 Å². The van der Waals surface area contributed by atoms with Gasteiger partial charge in [0.1, 0.15) is 6.07 Å². The number of ether oxygens (including phenoxy) is 1. The van der Waals surface area contributed by atoms with Crippen LogP contribution in [0.25, 0.3) is 6.08 Å². The van der Waals surface area contributed by atoms with Crippen LogP contribution >= 0.6 is 23.2 Å². The maximum absolute atomic E-state index is 12.1. The van der Waals surface area contributed by atoms with E-state index in [2.05, 4.69) is 5.32 Å². The zero-order valence-electron chi connectivity index (χ0n) is 13.7. The van der Waals surface area contributed by atoms with E-state index in [1.54, 1.807) is 42.5 Å². The van der Waals surface area contributed by atoms with Crippen LogP contribution < -0.4 is 5.32 Å². The molecule has 0 aromatic heterocycles. The molecule has 0 unspecified atom stereocenters. The quantitative estimate of drug-likeness (QED) is 0.605. The minimum absolute atomic E-state index is 0.316. The lowest BCUT2D eigenvalue weighted by Gasteiger charge is -2.13. The first-order chi connectivity index (χ1) is 12.4. The van der Waals surface area contributed by atoms with Gasteiger partial charge in [-0.2, -0.15) is 5.26 Å². The fourth-order valence-electron chi connectivity index (χ4n) is 1.99. The minimum Gasteiger partial charge on any atom is -0.449 e. The molecule has 0 aliphatic rings. The van der Waals surface area contributed by atoms with Crippen LogP contribution in [0.3, 0.4) is 0 Å². The Kier molecular flexibility index (Phi) is 6.79. The number of para-hydroxylation sites is 1. The maximum atomic E-state index is 12.1. The Labute approximate surface area is 160 Å². The highest BCUT2D eigenvalue weighted by molar-refractivity contribution is 6.35. The number of nitriles is 1. The molecule has 5 nitrogen and oxygen atoms in total. The Balaban J connectivity index is 1.96. The standard InChI is InChI=1S/C19H14Cl2N2O3/c1-12(19(25)23-17-5-3-2-4-14(17)11-22)26-18(24)9-7-13-6-8-15(20)10-16(13)21/h2-10,12H,1H3,(H,23,25)/b9-7+/t12-/m0/s1. The van der Waals surface area contributed by atoms with Gasteiger partial charge in [-0.1, -0.05) is 41.4 Å². The van der Waals surface area contributed by atoms with Crippen molar-refractivity contribution in [3.63, 3.8) is 0 Å². The van der Waals surface area contributed by atoms with E-state index in [0.717, 1.165) is 0 Å². The summed E-state index contributed by atoms with van der Waals surface area (Å²) < 4.78 is 5.05. The molecule has 0 radical (unpaired) electrons. The fraction of sp³-hybridized carbons (Fsp3) is 0.105. The highest BCUT2D eigenvalue weighted by atomic mass is 35.5. The predicted molar refractivity (Wildman–Crippen MR) is 101 cm³/mol. The maximum Gasteiger partial charge on any atom is 0.331 e. The van der Waals surface area contributed by atoms with Crippen molar-refractivity contribution < 1.29 is 14.3 Å². The first kappa shape index (κ1) is 19.5. The van der Waals surface area contributed by atoms with Crippen molar-refractivity contribution in [2.45, 2.75) is 13.0 Å². The summed E-state index contributed by atoms with van der Waals surface area (Å²) in [7, 11) is 0. The third kappa shape index (κ3) is 5.35. The number of esters is 1. The van der Waals surface area contributed by atoms with Crippen molar-refractivity contribution in [2.24, 2.45) is 0 Å². The number of nitrogens with zero attached hydrogens (tertiary/aromatic N) is 1. The Morgan fingerprint density at radius 1 is 1.23 bits per heavy atom. The van der Waals surface area contributed by atoms with Crippen LogP contribution in [0.2, 0.25) is 10.0 Å². The molecule has 0 saturated carbocycles. The second-order valence-corrected chi connectivity index (χ2v) is 6.07. The van der Waals surface area contributed by atoms with E-state index >= 15 is 0 Å². The molecule has 1 atom stereocenters. The van der Waals surface area contributed by atoms with Gasteiger partial charge in [0.2, 0.25) is 0 Å². The number of rotatable bonds is 5. The number of hydrogen-bond donors (Lipinski definition) is 1. The van der Waals surface area contributed by atoms with Crippen molar-refractivity contribution in [1.29, 1.82) is 5.26 Å². The summed E-state index contributed by atoms with van der Waals surface area (Å²) >= 11 is 11.8. The van der Waals surface area contributed by atoms with Gasteiger partial charge in [0.05, 0.1) is 11.3 Å². The van der Waals surface area contributed by atoms with E-state index in [9.17, 15) is 9.59 Å². The van der Waals surface area contributed by atoms with Crippen LogP contribution in [0.15, 0.2) is 48.5 Å². The second kappa shape index (κ2) is 9.04. The molecule has 2 aromatic rings. The van der Waals surface area contributed by atoms with Gasteiger partial charge in [0, 0.05) is 16.1 Å². The van der Waals surface area contributed by atoms with Crippen molar-refractivity contribution in [1.82, 2.24) is 0 Å². The van der Waals surface area contributed by atoms with E-state index in [1.165, 1.54) is 19.1 Å². The third-order valence-corrected chi connectivity index (χ3v) is 3.89. The van der Waals surface area contributed by atoms with Gasteiger partial charge in [-0.25, -0.2) is 4.79 Å². The molecule has 0 spiro atoms. The topological polar surface area (TPSA) is 79.2 Å². The van der Waals surface area contributed by atoms with Gasteiger partial charge in [-0.05, 0) is 42.8 Å². The lowest BCUT2D eigenvalue weighted by atomic mass is 10.2. The highest BCUT2D eigenvalue weighted by Gasteiger charge is 2.17. The highest BCUT2D eigenvalue weighted by Crippen LogP contribution is 2.22. The molecule has 1 N–H and O–H groups in total. The first-order valence-electron chi connectivity index (χ1n) is 7.54. The lowest BCUT2D eigenvalue weighted by Crippen LogP contribution is -2.29. The van der Waals surface area contributed by atoms with E-state index in [1.807, 2.05) is 6.07 Å². The summed E-state index contributed by atoms with van der Waals surface area (Å²) in [5, 5.41) is 12.4. The molecule has 1 amide bonds. The molecule has 2 rings (SSSR count). The molecule has 26 heavy (non-hydrogen) atoms. The Morgan fingerprint density at radius 3 is 2.65 bits per heavy atom. The molecule has 2 aromatic carbocycles. The van der Waals surface area contributed by atoms with Crippen LogP contribution in [0.4, 0.5) is 5.69 Å². The summed E-state index contributed by atoms with van der Waals surface area (Å²) in [5.74, 6) is -1.24. The first-order valence-corrected chi connectivity index (χ1v) is 8.30. The fourth-order valence-corrected chi connectivity index (χ4v) is 2.46. The largest absolute Gasteiger partial charge is 0.449 e. The number of halogens is 2. The van der Waals surface area contributed by atoms with Gasteiger partial charge < -0.3 is 10.1 Å². The van der Waals surface area contributed by atoms with E-state index in [-0.39, 0.29) is 0 Å². The molecular weight excluding hydrogens is 375 g/mol. The summed E-state index contributed by atoms with van der Waals surface area (Å²) in [6, 6.07) is 13.4. The summed E-state index contributed by atoms with van der Waals surface area (Å²) in [6.45, 7) is 1.44. The number of carbonyl (C=O) groups excluding carboxylic acids is 2. The number of anilines is 1. The Bertz CT molecular complexity index is 904. The third-order valence-electron chi connectivity index (χ3n) is 3.33. The number of carbonyl (C=O) groups is 2. The second-order valence-electron chi connectivity index (χ2n) is 5.22. The van der Waals surface area contributed by atoms with E-state index in [4.69, 9.17) is 33.2 Å². The van der Waals surface area contributed by atoms with E-state index in [0.29, 0.717) is 26.9 Å². The zero-order chi connectivity index (χ0) is 19.1. The molecule has 7 heteroatoms. The predicted octanol–water partition coefficient (Wildman–Crippen LogP) is 4.45. The van der Waals surface area contributed by atoms with Crippen molar-refractivity contribution in [3.8, 4) is 6.07 Å². The SMILES string of the molecule is C[C@H](OC(=O)/C=C/c1ccc(Cl)cc1Cl)C(=O)Nc1ccccc1C#N. The van der Waals surface area contributed by atoms with E-state index < -0.39 is 18.0 Å². The van der Waals surface area contributed by atoms with Crippen LogP contribution in [0.5, 0.6) is 0 Å². The monoisotopic (exact) mass is 388 g/mol.